The second-order valence-electron chi connectivity index (χ2n) is 3.64. The van der Waals surface area contributed by atoms with Crippen LogP contribution in [0.1, 0.15) is 17.3 Å². The maximum absolute atomic E-state index is 11.8. The monoisotopic (exact) mass is 309 g/mol. The zero-order valence-corrected chi connectivity index (χ0v) is 12.2. The van der Waals surface area contributed by atoms with Crippen LogP contribution in [0, 0.1) is 0 Å². The number of hydrogen-bond acceptors (Lipinski definition) is 6. The Morgan fingerprint density at radius 2 is 2.25 bits per heavy atom. The van der Waals surface area contributed by atoms with Gasteiger partial charge in [0.2, 0.25) is 0 Å². The van der Waals surface area contributed by atoms with E-state index in [1.165, 1.54) is 18.1 Å². The molecule has 0 aliphatic heterocycles. The Bertz CT molecular complexity index is 592. The van der Waals surface area contributed by atoms with Gasteiger partial charge < -0.3 is 9.46 Å². The van der Waals surface area contributed by atoms with E-state index in [9.17, 15) is 4.79 Å². The third-order valence-corrected chi connectivity index (χ3v) is 3.30. The number of hydrogen-bond donors (Lipinski definition) is 1. The molecule has 0 aliphatic carbocycles. The van der Waals surface area contributed by atoms with Gasteiger partial charge >= 0.3 is 5.97 Å². The molecular formula is C13H12ClN3O2S. The summed E-state index contributed by atoms with van der Waals surface area (Å²) < 4.78 is 7.99. The van der Waals surface area contributed by atoms with Crippen LogP contribution in [-0.2, 0) is 4.74 Å². The first-order valence-electron chi connectivity index (χ1n) is 5.87. The Morgan fingerprint density at radius 1 is 1.40 bits per heavy atom. The van der Waals surface area contributed by atoms with Crippen molar-refractivity contribution in [3.63, 3.8) is 0 Å². The van der Waals surface area contributed by atoms with Gasteiger partial charge in [0.1, 0.15) is 10.8 Å². The largest absolute Gasteiger partial charge is 0.462 e. The molecule has 2 aromatic rings. The first-order chi connectivity index (χ1) is 9.70. The number of aromatic nitrogens is 2. The molecule has 0 bridgehead atoms. The van der Waals surface area contributed by atoms with Gasteiger partial charge in [0.05, 0.1) is 17.2 Å². The average Bonchev–Trinajstić information content (AvgIpc) is 2.47. The van der Waals surface area contributed by atoms with E-state index in [1.807, 2.05) is 0 Å². The van der Waals surface area contributed by atoms with Gasteiger partial charge in [-0.1, -0.05) is 11.6 Å². The van der Waals surface area contributed by atoms with Gasteiger partial charge in [-0.3, -0.25) is 0 Å². The molecule has 0 aliphatic rings. The summed E-state index contributed by atoms with van der Waals surface area (Å²) in [7, 11) is 0. The number of ether oxygens (including phenoxy) is 1. The number of rotatable bonds is 5. The minimum atomic E-state index is -0.394. The van der Waals surface area contributed by atoms with Crippen LogP contribution in [0.5, 0.6) is 0 Å². The Balaban J connectivity index is 2.09. The second kappa shape index (κ2) is 7.12. The molecule has 104 valence electrons. The molecule has 0 unspecified atom stereocenters. The summed E-state index contributed by atoms with van der Waals surface area (Å²) in [6, 6.07) is 6.82. The fourth-order valence-corrected chi connectivity index (χ4v) is 2.18. The Kier molecular flexibility index (Phi) is 5.20. The molecule has 0 saturated carbocycles. The maximum atomic E-state index is 11.8. The summed E-state index contributed by atoms with van der Waals surface area (Å²) in [6.45, 7) is 2.08. The van der Waals surface area contributed by atoms with E-state index in [1.54, 1.807) is 37.4 Å². The molecule has 2 aromatic heterocycles. The number of halogens is 1. The molecule has 2 heterocycles. The van der Waals surface area contributed by atoms with Gasteiger partial charge in [-0.2, -0.15) is 0 Å². The highest BCUT2D eigenvalue weighted by Gasteiger charge is 2.13. The van der Waals surface area contributed by atoms with Crippen molar-refractivity contribution >= 4 is 35.3 Å². The van der Waals surface area contributed by atoms with Crippen molar-refractivity contribution < 1.29 is 9.53 Å². The SMILES string of the molecule is CCOC(=O)c1cccnc1SNc1ccc(Cl)cn1. The number of anilines is 1. The van der Waals surface area contributed by atoms with Crippen LogP contribution in [0.25, 0.3) is 0 Å². The molecule has 2 rings (SSSR count). The lowest BCUT2D eigenvalue weighted by molar-refractivity contribution is 0.0521. The molecule has 1 N–H and O–H groups in total. The first-order valence-corrected chi connectivity index (χ1v) is 7.06. The summed E-state index contributed by atoms with van der Waals surface area (Å²) in [4.78, 5) is 20.0. The number of carbonyl (C=O) groups excluding carboxylic acids is 1. The predicted molar refractivity (Wildman–Crippen MR) is 78.9 cm³/mol. The lowest BCUT2D eigenvalue weighted by Gasteiger charge is -2.08. The van der Waals surface area contributed by atoms with Gasteiger partial charge in [0.15, 0.2) is 0 Å². The Labute approximate surface area is 125 Å². The van der Waals surface area contributed by atoms with E-state index >= 15 is 0 Å². The van der Waals surface area contributed by atoms with Crippen LogP contribution in [0.4, 0.5) is 5.82 Å². The van der Waals surface area contributed by atoms with Crippen molar-refractivity contribution in [2.75, 3.05) is 11.3 Å². The van der Waals surface area contributed by atoms with Gasteiger partial charge in [-0.05, 0) is 31.2 Å². The molecule has 20 heavy (non-hydrogen) atoms. The quantitative estimate of drug-likeness (QED) is 0.674. The molecule has 0 amide bonds. The van der Waals surface area contributed by atoms with E-state index in [4.69, 9.17) is 16.3 Å². The van der Waals surface area contributed by atoms with Gasteiger partial charge in [0, 0.05) is 24.3 Å². The van der Waals surface area contributed by atoms with Crippen molar-refractivity contribution in [1.82, 2.24) is 9.97 Å². The molecule has 0 aromatic carbocycles. The number of nitrogens with zero attached hydrogens (tertiary/aromatic N) is 2. The van der Waals surface area contributed by atoms with Crippen molar-refractivity contribution in [2.45, 2.75) is 11.9 Å². The van der Waals surface area contributed by atoms with Crippen molar-refractivity contribution in [1.29, 1.82) is 0 Å². The topological polar surface area (TPSA) is 64.1 Å². The summed E-state index contributed by atoms with van der Waals surface area (Å²) in [6.07, 6.45) is 3.15. The summed E-state index contributed by atoms with van der Waals surface area (Å²) in [5.74, 6) is 0.230. The summed E-state index contributed by atoms with van der Waals surface area (Å²) >= 11 is 6.95. The first kappa shape index (κ1) is 14.6. The van der Waals surface area contributed by atoms with Crippen molar-refractivity contribution in [2.24, 2.45) is 0 Å². The second-order valence-corrected chi connectivity index (χ2v) is 4.87. The van der Waals surface area contributed by atoms with E-state index in [2.05, 4.69) is 14.7 Å². The van der Waals surface area contributed by atoms with Crippen LogP contribution >= 0.6 is 23.5 Å². The summed E-state index contributed by atoms with van der Waals surface area (Å²) in [5, 5.41) is 1.09. The zero-order valence-electron chi connectivity index (χ0n) is 10.7. The van der Waals surface area contributed by atoms with E-state index < -0.39 is 5.97 Å². The lowest BCUT2D eigenvalue weighted by atomic mass is 10.3. The number of pyridine rings is 2. The smallest absolute Gasteiger partial charge is 0.340 e. The van der Waals surface area contributed by atoms with E-state index in [-0.39, 0.29) is 0 Å². The molecule has 0 radical (unpaired) electrons. The molecule has 0 spiro atoms. The standard InChI is InChI=1S/C13H12ClN3O2S/c1-2-19-13(18)10-4-3-7-15-12(10)20-17-11-6-5-9(14)8-16-11/h3-8H,2H2,1H3,(H,16,17). The van der Waals surface area contributed by atoms with Crippen molar-refractivity contribution in [3.8, 4) is 0 Å². The zero-order chi connectivity index (χ0) is 14.4. The van der Waals surface area contributed by atoms with Crippen molar-refractivity contribution in [3.05, 3.63) is 47.2 Å². The molecule has 0 saturated heterocycles. The predicted octanol–water partition coefficient (Wildman–Crippen LogP) is 3.43. The van der Waals surface area contributed by atoms with Crippen LogP contribution in [-0.4, -0.2) is 22.5 Å². The lowest BCUT2D eigenvalue weighted by Crippen LogP contribution is -2.07. The fourth-order valence-electron chi connectivity index (χ4n) is 1.37. The van der Waals surface area contributed by atoms with Gasteiger partial charge in [-0.15, -0.1) is 0 Å². The number of carbonyl (C=O) groups is 1. The molecule has 0 fully saturated rings. The normalized spacial score (nSPS) is 10.1. The molecule has 0 atom stereocenters. The minimum Gasteiger partial charge on any atom is -0.462 e. The molecule has 7 heteroatoms. The third kappa shape index (κ3) is 3.85. The van der Waals surface area contributed by atoms with Crippen LogP contribution in [0.15, 0.2) is 41.7 Å². The molecular weight excluding hydrogens is 298 g/mol. The highest BCUT2D eigenvalue weighted by atomic mass is 35.5. The van der Waals surface area contributed by atoms with Crippen LogP contribution < -0.4 is 4.72 Å². The molecule has 5 nitrogen and oxygen atoms in total. The Hall–Kier alpha value is -1.79. The maximum Gasteiger partial charge on any atom is 0.340 e. The summed E-state index contributed by atoms with van der Waals surface area (Å²) in [5.41, 5.74) is 0.417. The number of esters is 1. The van der Waals surface area contributed by atoms with E-state index in [0.29, 0.717) is 28.0 Å². The van der Waals surface area contributed by atoms with Crippen LogP contribution in [0.3, 0.4) is 0 Å². The highest BCUT2D eigenvalue weighted by molar-refractivity contribution is 8.00. The van der Waals surface area contributed by atoms with Crippen LogP contribution in [0.2, 0.25) is 5.02 Å². The third-order valence-electron chi connectivity index (χ3n) is 2.25. The minimum absolute atomic E-state index is 0.323. The highest BCUT2D eigenvalue weighted by Crippen LogP contribution is 2.22. The fraction of sp³-hybridized carbons (Fsp3) is 0.154. The van der Waals surface area contributed by atoms with Gasteiger partial charge in [0.25, 0.3) is 0 Å². The average molecular weight is 310 g/mol. The van der Waals surface area contributed by atoms with E-state index in [0.717, 1.165) is 0 Å². The number of nitrogens with one attached hydrogen (secondary N) is 1. The van der Waals surface area contributed by atoms with Gasteiger partial charge in [-0.25, -0.2) is 14.8 Å². The Morgan fingerprint density at radius 3 is 2.95 bits per heavy atom.